The van der Waals surface area contributed by atoms with Gasteiger partial charge < -0.3 is 10.1 Å². The molecule has 120 valence electrons. The number of carbonyl (C=O) groups excluding carboxylic acids is 1. The van der Waals surface area contributed by atoms with Gasteiger partial charge in [0.1, 0.15) is 5.56 Å². The molecule has 0 unspecified atom stereocenters. The van der Waals surface area contributed by atoms with Crippen LogP contribution in [0.2, 0.25) is 0 Å². The first kappa shape index (κ1) is 15.7. The summed E-state index contributed by atoms with van der Waals surface area (Å²) in [5, 5.41) is 2.96. The number of para-hydroxylation sites is 1. The zero-order chi connectivity index (χ0) is 16.8. The average Bonchev–Trinajstić information content (AvgIpc) is 2.64. The van der Waals surface area contributed by atoms with Crippen LogP contribution in [0.25, 0.3) is 0 Å². The van der Waals surface area contributed by atoms with Crippen LogP contribution in [0.15, 0.2) is 72.9 Å². The number of anilines is 1. The lowest BCUT2D eigenvalue weighted by atomic mass is 10.0. The van der Waals surface area contributed by atoms with Gasteiger partial charge in [-0.2, -0.15) is 0 Å². The number of benzene rings is 2. The number of ether oxygens (including phenoxy) is 1. The van der Waals surface area contributed by atoms with Crippen LogP contribution < -0.4 is 10.1 Å². The van der Waals surface area contributed by atoms with E-state index in [9.17, 15) is 4.79 Å². The first-order chi connectivity index (χ1) is 11.8. The Hall–Kier alpha value is -3.14. The van der Waals surface area contributed by atoms with E-state index in [0.29, 0.717) is 11.4 Å². The lowest BCUT2D eigenvalue weighted by Crippen LogP contribution is -2.15. The summed E-state index contributed by atoms with van der Waals surface area (Å²) in [6.07, 6.45) is 2.35. The molecule has 0 aliphatic rings. The van der Waals surface area contributed by atoms with E-state index in [0.717, 1.165) is 17.7 Å². The predicted molar refractivity (Wildman–Crippen MR) is 94.4 cm³/mol. The van der Waals surface area contributed by atoms with Crippen LogP contribution in [0.1, 0.15) is 21.5 Å². The second-order valence-corrected chi connectivity index (χ2v) is 5.33. The molecule has 0 aliphatic carbocycles. The highest BCUT2D eigenvalue weighted by Crippen LogP contribution is 2.21. The van der Waals surface area contributed by atoms with Crippen molar-refractivity contribution in [3.8, 4) is 5.88 Å². The third-order valence-electron chi connectivity index (χ3n) is 3.71. The van der Waals surface area contributed by atoms with Crippen molar-refractivity contribution in [3.05, 3.63) is 89.6 Å². The molecule has 0 bridgehead atoms. The molecule has 2 aromatic carbocycles. The largest absolute Gasteiger partial charge is 0.480 e. The van der Waals surface area contributed by atoms with Crippen LogP contribution in [0, 0.1) is 0 Å². The van der Waals surface area contributed by atoms with E-state index in [1.807, 2.05) is 42.5 Å². The fourth-order valence-electron chi connectivity index (χ4n) is 2.53. The molecule has 1 heterocycles. The van der Waals surface area contributed by atoms with E-state index in [-0.39, 0.29) is 5.91 Å². The lowest BCUT2D eigenvalue weighted by Gasteiger charge is -2.12. The number of nitrogens with zero attached hydrogens (tertiary/aromatic N) is 1. The molecule has 0 fully saturated rings. The molecule has 1 aromatic heterocycles. The van der Waals surface area contributed by atoms with Crippen LogP contribution >= 0.6 is 0 Å². The van der Waals surface area contributed by atoms with Crippen molar-refractivity contribution in [1.29, 1.82) is 0 Å². The lowest BCUT2D eigenvalue weighted by molar-refractivity contribution is 0.102. The van der Waals surface area contributed by atoms with Crippen molar-refractivity contribution in [3.63, 3.8) is 0 Å². The van der Waals surface area contributed by atoms with Gasteiger partial charge in [0.15, 0.2) is 0 Å². The minimum Gasteiger partial charge on any atom is -0.480 e. The molecule has 0 aliphatic heterocycles. The average molecular weight is 318 g/mol. The van der Waals surface area contributed by atoms with Crippen LogP contribution in [-0.2, 0) is 6.42 Å². The van der Waals surface area contributed by atoms with Crippen molar-refractivity contribution in [2.24, 2.45) is 0 Å². The first-order valence-corrected chi connectivity index (χ1v) is 7.70. The highest BCUT2D eigenvalue weighted by molar-refractivity contribution is 6.06. The Labute approximate surface area is 141 Å². The zero-order valence-electron chi connectivity index (χ0n) is 13.4. The molecule has 0 spiro atoms. The monoisotopic (exact) mass is 318 g/mol. The van der Waals surface area contributed by atoms with Crippen molar-refractivity contribution < 1.29 is 9.53 Å². The van der Waals surface area contributed by atoms with E-state index in [2.05, 4.69) is 22.4 Å². The number of aromatic nitrogens is 1. The van der Waals surface area contributed by atoms with E-state index in [1.54, 1.807) is 18.3 Å². The van der Waals surface area contributed by atoms with Crippen molar-refractivity contribution in [2.45, 2.75) is 6.42 Å². The summed E-state index contributed by atoms with van der Waals surface area (Å²) < 4.78 is 5.16. The van der Waals surface area contributed by atoms with Gasteiger partial charge in [0, 0.05) is 11.9 Å². The fraction of sp³-hybridized carbons (Fsp3) is 0.100. The standard InChI is InChI=1S/C20H18N2O2/c1-24-20-17(11-7-13-21-20)19(23)22-18-12-6-5-10-16(18)14-15-8-3-2-4-9-15/h2-13H,14H2,1H3,(H,22,23). The number of nitrogens with one attached hydrogen (secondary N) is 1. The van der Waals surface area contributed by atoms with Gasteiger partial charge in [-0.05, 0) is 35.7 Å². The quantitative estimate of drug-likeness (QED) is 0.775. The highest BCUT2D eigenvalue weighted by Gasteiger charge is 2.14. The number of hydrogen-bond donors (Lipinski definition) is 1. The number of methoxy groups -OCH3 is 1. The van der Waals surface area contributed by atoms with Gasteiger partial charge >= 0.3 is 0 Å². The predicted octanol–water partition coefficient (Wildman–Crippen LogP) is 3.93. The molecule has 3 aromatic rings. The Morgan fingerprint density at radius 3 is 2.54 bits per heavy atom. The van der Waals surface area contributed by atoms with Gasteiger partial charge in [-0.1, -0.05) is 48.5 Å². The van der Waals surface area contributed by atoms with Crippen LogP contribution in [0.3, 0.4) is 0 Å². The summed E-state index contributed by atoms with van der Waals surface area (Å²) in [6, 6.07) is 21.4. The summed E-state index contributed by atoms with van der Waals surface area (Å²) >= 11 is 0. The molecule has 4 nitrogen and oxygen atoms in total. The maximum atomic E-state index is 12.6. The topological polar surface area (TPSA) is 51.2 Å². The van der Waals surface area contributed by atoms with E-state index >= 15 is 0 Å². The van der Waals surface area contributed by atoms with Crippen molar-refractivity contribution in [2.75, 3.05) is 12.4 Å². The molecule has 0 atom stereocenters. The molecular formula is C20H18N2O2. The summed E-state index contributed by atoms with van der Waals surface area (Å²) in [4.78, 5) is 16.6. The molecule has 0 saturated heterocycles. The second kappa shape index (κ2) is 7.42. The van der Waals surface area contributed by atoms with Crippen LogP contribution in [0.4, 0.5) is 5.69 Å². The van der Waals surface area contributed by atoms with Crippen molar-refractivity contribution in [1.82, 2.24) is 4.98 Å². The molecule has 4 heteroatoms. The Kier molecular flexibility index (Phi) is 4.87. The minimum absolute atomic E-state index is 0.236. The maximum Gasteiger partial charge on any atom is 0.261 e. The summed E-state index contributed by atoms with van der Waals surface area (Å²) in [5.74, 6) is 0.0796. The Morgan fingerprint density at radius 1 is 1.00 bits per heavy atom. The smallest absolute Gasteiger partial charge is 0.261 e. The molecule has 24 heavy (non-hydrogen) atoms. The van der Waals surface area contributed by atoms with Gasteiger partial charge in [0.2, 0.25) is 5.88 Å². The fourth-order valence-corrected chi connectivity index (χ4v) is 2.53. The third kappa shape index (κ3) is 3.60. The van der Waals surface area contributed by atoms with E-state index in [1.165, 1.54) is 12.7 Å². The van der Waals surface area contributed by atoms with Crippen LogP contribution in [0.5, 0.6) is 5.88 Å². The molecule has 0 radical (unpaired) electrons. The Bertz CT molecular complexity index is 832. The molecule has 1 amide bonds. The number of pyridine rings is 1. The molecular weight excluding hydrogens is 300 g/mol. The maximum absolute atomic E-state index is 12.6. The SMILES string of the molecule is COc1ncccc1C(=O)Nc1ccccc1Cc1ccccc1. The van der Waals surface area contributed by atoms with E-state index < -0.39 is 0 Å². The molecule has 0 saturated carbocycles. The number of amides is 1. The normalized spacial score (nSPS) is 10.2. The zero-order valence-corrected chi connectivity index (χ0v) is 13.4. The minimum atomic E-state index is -0.236. The van der Waals surface area contributed by atoms with Crippen molar-refractivity contribution >= 4 is 11.6 Å². The van der Waals surface area contributed by atoms with Crippen LogP contribution in [-0.4, -0.2) is 18.0 Å². The Morgan fingerprint density at radius 2 is 1.75 bits per heavy atom. The number of rotatable bonds is 5. The van der Waals surface area contributed by atoms with Gasteiger partial charge in [-0.25, -0.2) is 4.98 Å². The number of carbonyl (C=O) groups is 1. The van der Waals surface area contributed by atoms with E-state index in [4.69, 9.17) is 4.74 Å². The number of hydrogen-bond acceptors (Lipinski definition) is 3. The highest BCUT2D eigenvalue weighted by atomic mass is 16.5. The second-order valence-electron chi connectivity index (χ2n) is 5.33. The molecule has 3 rings (SSSR count). The third-order valence-corrected chi connectivity index (χ3v) is 3.71. The summed E-state index contributed by atoms with van der Waals surface area (Å²) in [5.41, 5.74) is 3.45. The summed E-state index contributed by atoms with van der Waals surface area (Å²) in [6.45, 7) is 0. The molecule has 1 N–H and O–H groups in total. The van der Waals surface area contributed by atoms with Gasteiger partial charge in [0.05, 0.1) is 7.11 Å². The summed E-state index contributed by atoms with van der Waals surface area (Å²) in [7, 11) is 1.50. The van der Waals surface area contributed by atoms with Gasteiger partial charge in [-0.15, -0.1) is 0 Å². The van der Waals surface area contributed by atoms with Gasteiger partial charge in [0.25, 0.3) is 5.91 Å². The first-order valence-electron chi connectivity index (χ1n) is 7.70. The Balaban J connectivity index is 1.84. The van der Waals surface area contributed by atoms with Gasteiger partial charge in [-0.3, -0.25) is 4.79 Å².